The summed E-state index contributed by atoms with van der Waals surface area (Å²) in [5.74, 6) is 1.71. The van der Waals surface area contributed by atoms with E-state index in [4.69, 9.17) is 9.97 Å². The molecule has 1 fully saturated rings. The molecular weight excluding hydrogens is 336 g/mol. The Kier molecular flexibility index (Phi) is 4.77. The minimum atomic E-state index is 0.200. The monoisotopic (exact) mass is 360 g/mol. The first-order valence-corrected chi connectivity index (χ1v) is 9.30. The van der Waals surface area contributed by atoms with Gasteiger partial charge in [0.05, 0.1) is 11.1 Å². The lowest BCUT2D eigenvalue weighted by Crippen LogP contribution is -2.46. The van der Waals surface area contributed by atoms with Crippen LogP contribution in [0.1, 0.15) is 5.56 Å². The van der Waals surface area contributed by atoms with Crippen molar-refractivity contribution in [1.82, 2.24) is 14.9 Å². The molecule has 1 N–H and O–H groups in total. The van der Waals surface area contributed by atoms with E-state index in [0.29, 0.717) is 11.4 Å². The molecule has 1 saturated heterocycles. The van der Waals surface area contributed by atoms with Gasteiger partial charge in [0.1, 0.15) is 11.6 Å². The zero-order chi connectivity index (χ0) is 18.8. The van der Waals surface area contributed by atoms with Gasteiger partial charge in [0.2, 0.25) is 0 Å². The molecule has 138 valence electrons. The second-order valence-electron chi connectivity index (χ2n) is 6.98. The summed E-state index contributed by atoms with van der Waals surface area (Å²) in [6, 6.07) is 13.5. The summed E-state index contributed by atoms with van der Waals surface area (Å²) in [7, 11) is 0. The number of aromatic hydroxyl groups is 1. The second kappa shape index (κ2) is 7.37. The van der Waals surface area contributed by atoms with Gasteiger partial charge in [-0.3, -0.25) is 4.90 Å². The predicted molar refractivity (Wildman–Crippen MR) is 110 cm³/mol. The zero-order valence-electron chi connectivity index (χ0n) is 15.6. The van der Waals surface area contributed by atoms with E-state index in [9.17, 15) is 5.11 Å². The van der Waals surface area contributed by atoms with Crippen molar-refractivity contribution in [3.8, 4) is 17.1 Å². The molecule has 3 aromatic rings. The minimum absolute atomic E-state index is 0.200. The van der Waals surface area contributed by atoms with Gasteiger partial charge in [0.25, 0.3) is 0 Å². The topological polar surface area (TPSA) is 52.5 Å². The van der Waals surface area contributed by atoms with E-state index in [2.05, 4.69) is 41.5 Å². The molecule has 4 rings (SSSR count). The number of anilines is 1. The fourth-order valence-corrected chi connectivity index (χ4v) is 3.57. The molecule has 1 aliphatic heterocycles. The summed E-state index contributed by atoms with van der Waals surface area (Å²) in [6.07, 6.45) is 1.95. The van der Waals surface area contributed by atoms with Crippen molar-refractivity contribution in [1.29, 1.82) is 0 Å². The van der Waals surface area contributed by atoms with Gasteiger partial charge in [-0.1, -0.05) is 24.3 Å². The Bertz CT molecular complexity index is 977. The number of nitrogens with zero attached hydrogens (tertiary/aromatic N) is 4. The van der Waals surface area contributed by atoms with E-state index < -0.39 is 0 Å². The molecule has 0 unspecified atom stereocenters. The van der Waals surface area contributed by atoms with Crippen LogP contribution in [0.25, 0.3) is 22.3 Å². The van der Waals surface area contributed by atoms with Crippen LogP contribution >= 0.6 is 0 Å². The van der Waals surface area contributed by atoms with Gasteiger partial charge in [-0.2, -0.15) is 0 Å². The molecule has 5 heteroatoms. The Hall–Kier alpha value is -2.92. The fourth-order valence-electron chi connectivity index (χ4n) is 3.57. The minimum Gasteiger partial charge on any atom is -0.507 e. The summed E-state index contributed by atoms with van der Waals surface area (Å²) in [4.78, 5) is 14.3. The number of rotatable bonds is 4. The Balaban J connectivity index is 1.79. The van der Waals surface area contributed by atoms with Crippen LogP contribution < -0.4 is 4.90 Å². The van der Waals surface area contributed by atoms with E-state index in [-0.39, 0.29) is 5.75 Å². The molecule has 5 nitrogen and oxygen atoms in total. The Morgan fingerprint density at radius 1 is 1.07 bits per heavy atom. The average molecular weight is 360 g/mol. The predicted octanol–water partition coefficient (Wildman–Crippen LogP) is 3.62. The van der Waals surface area contributed by atoms with E-state index in [1.54, 1.807) is 6.07 Å². The lowest BCUT2D eigenvalue weighted by molar-refractivity contribution is 0.284. The van der Waals surface area contributed by atoms with Gasteiger partial charge in [-0.05, 0) is 36.8 Å². The number of benzene rings is 2. The number of piperazine rings is 1. The Morgan fingerprint density at radius 2 is 1.85 bits per heavy atom. The average Bonchev–Trinajstić information content (AvgIpc) is 2.68. The molecule has 1 aromatic heterocycles. The summed E-state index contributed by atoms with van der Waals surface area (Å²) >= 11 is 0. The van der Waals surface area contributed by atoms with Crippen molar-refractivity contribution in [2.75, 3.05) is 37.6 Å². The maximum absolute atomic E-state index is 10.3. The van der Waals surface area contributed by atoms with Crippen LogP contribution in [0.15, 0.2) is 55.1 Å². The van der Waals surface area contributed by atoms with Gasteiger partial charge in [0.15, 0.2) is 5.82 Å². The van der Waals surface area contributed by atoms with Crippen LogP contribution in [-0.2, 0) is 0 Å². The highest BCUT2D eigenvalue weighted by molar-refractivity contribution is 5.92. The van der Waals surface area contributed by atoms with Gasteiger partial charge in [0, 0.05) is 38.1 Å². The van der Waals surface area contributed by atoms with Crippen molar-refractivity contribution in [2.24, 2.45) is 0 Å². The Morgan fingerprint density at radius 3 is 2.59 bits per heavy atom. The number of para-hydroxylation sites is 1. The number of aromatic nitrogens is 2. The molecule has 1 aliphatic rings. The third kappa shape index (κ3) is 3.51. The molecule has 0 saturated carbocycles. The van der Waals surface area contributed by atoms with Crippen LogP contribution in [0.3, 0.4) is 0 Å². The number of phenolic OH excluding ortho intramolecular Hbond substituents is 1. The van der Waals surface area contributed by atoms with Crippen molar-refractivity contribution in [3.05, 3.63) is 60.7 Å². The molecular formula is C22H24N4O. The molecule has 0 amide bonds. The van der Waals surface area contributed by atoms with Crippen LogP contribution in [-0.4, -0.2) is 52.7 Å². The third-order valence-corrected chi connectivity index (χ3v) is 5.04. The molecule has 2 heterocycles. The first kappa shape index (κ1) is 17.5. The van der Waals surface area contributed by atoms with Crippen molar-refractivity contribution in [2.45, 2.75) is 6.92 Å². The van der Waals surface area contributed by atoms with E-state index in [1.165, 1.54) is 0 Å². The molecule has 0 aliphatic carbocycles. The van der Waals surface area contributed by atoms with Crippen molar-refractivity contribution >= 4 is 16.7 Å². The Labute approximate surface area is 159 Å². The van der Waals surface area contributed by atoms with Crippen molar-refractivity contribution in [3.63, 3.8) is 0 Å². The number of aryl methyl sites for hydroxylation is 1. The number of fused-ring (bicyclic) bond motifs is 1. The van der Waals surface area contributed by atoms with E-state index in [1.807, 2.05) is 24.3 Å². The second-order valence-corrected chi connectivity index (χ2v) is 6.98. The number of hydrogen-bond donors (Lipinski definition) is 1. The molecule has 2 aromatic carbocycles. The quantitative estimate of drug-likeness (QED) is 0.720. The van der Waals surface area contributed by atoms with Crippen LogP contribution in [0, 0.1) is 6.92 Å². The summed E-state index contributed by atoms with van der Waals surface area (Å²) < 4.78 is 0. The molecule has 0 bridgehead atoms. The summed E-state index contributed by atoms with van der Waals surface area (Å²) in [5.41, 5.74) is 2.73. The van der Waals surface area contributed by atoms with E-state index in [0.717, 1.165) is 55.0 Å². The maximum Gasteiger partial charge on any atom is 0.165 e. The van der Waals surface area contributed by atoms with Gasteiger partial charge >= 0.3 is 0 Å². The zero-order valence-corrected chi connectivity index (χ0v) is 15.6. The van der Waals surface area contributed by atoms with Gasteiger partial charge in [-0.25, -0.2) is 9.97 Å². The number of phenols is 1. The largest absolute Gasteiger partial charge is 0.507 e. The van der Waals surface area contributed by atoms with Crippen LogP contribution in [0.5, 0.6) is 5.75 Å². The van der Waals surface area contributed by atoms with Crippen molar-refractivity contribution < 1.29 is 5.11 Å². The van der Waals surface area contributed by atoms with Gasteiger partial charge < -0.3 is 10.0 Å². The molecule has 0 radical (unpaired) electrons. The van der Waals surface area contributed by atoms with Crippen LogP contribution in [0.2, 0.25) is 0 Å². The van der Waals surface area contributed by atoms with Gasteiger partial charge in [-0.15, -0.1) is 6.58 Å². The van der Waals surface area contributed by atoms with E-state index >= 15 is 0 Å². The fraction of sp³-hybridized carbons (Fsp3) is 0.273. The molecule has 0 spiro atoms. The van der Waals surface area contributed by atoms with Crippen LogP contribution in [0.4, 0.5) is 5.82 Å². The first-order chi connectivity index (χ1) is 13.2. The highest BCUT2D eigenvalue weighted by Crippen LogP contribution is 2.32. The third-order valence-electron chi connectivity index (χ3n) is 5.04. The smallest absolute Gasteiger partial charge is 0.165 e. The highest BCUT2D eigenvalue weighted by Gasteiger charge is 2.21. The molecule has 0 atom stereocenters. The lowest BCUT2D eigenvalue weighted by atomic mass is 10.1. The number of hydrogen-bond acceptors (Lipinski definition) is 5. The summed E-state index contributed by atoms with van der Waals surface area (Å²) in [5, 5.41) is 11.3. The maximum atomic E-state index is 10.3. The normalized spacial score (nSPS) is 15.2. The molecule has 27 heavy (non-hydrogen) atoms. The highest BCUT2D eigenvalue weighted by atomic mass is 16.3. The lowest BCUT2D eigenvalue weighted by Gasteiger charge is -2.35. The first-order valence-electron chi connectivity index (χ1n) is 9.30. The summed E-state index contributed by atoms with van der Waals surface area (Å²) in [6.45, 7) is 10.6. The standard InChI is InChI=1S/C22H24N4O/c1-3-10-25-11-13-26(14-12-25)22-17-9-8-16(2)15-19(17)23-21(24-22)18-6-4-5-7-20(18)27/h3-9,15,27H,1,10-14H2,2H3. The SMILES string of the molecule is C=CCN1CCN(c2nc(-c3ccccc3O)nc3cc(C)ccc23)CC1.